The van der Waals surface area contributed by atoms with E-state index in [2.05, 4.69) is 5.10 Å². The van der Waals surface area contributed by atoms with Crippen LogP contribution in [0.4, 0.5) is 0 Å². The number of hydrogen-bond acceptors (Lipinski definition) is 4. The van der Waals surface area contributed by atoms with Crippen LogP contribution in [0.25, 0.3) is 11.0 Å². The Labute approximate surface area is 140 Å². The fourth-order valence-corrected chi connectivity index (χ4v) is 3.28. The largest absolute Gasteiger partial charge is 0.461 e. The third-order valence-corrected chi connectivity index (χ3v) is 4.47. The Morgan fingerprint density at radius 3 is 3.04 bits per heavy atom. The van der Waals surface area contributed by atoms with Gasteiger partial charge in [-0.25, -0.2) is 0 Å². The van der Waals surface area contributed by atoms with Crippen molar-refractivity contribution in [3.63, 3.8) is 0 Å². The van der Waals surface area contributed by atoms with Crippen LogP contribution in [-0.2, 0) is 24.2 Å². The van der Waals surface area contributed by atoms with E-state index in [0.717, 1.165) is 35.1 Å². The highest BCUT2D eigenvalue weighted by molar-refractivity contribution is 5.85. The van der Waals surface area contributed by atoms with Crippen LogP contribution in [0.3, 0.4) is 0 Å². The smallest absolute Gasteiger partial charge is 0.313 e. The molecule has 0 spiro atoms. The van der Waals surface area contributed by atoms with Crippen LogP contribution in [0.15, 0.2) is 35.0 Å². The summed E-state index contributed by atoms with van der Waals surface area (Å²) in [6.45, 7) is 2.50. The monoisotopic (exact) mass is 324 g/mol. The van der Waals surface area contributed by atoms with Crippen molar-refractivity contribution in [3.05, 3.63) is 47.5 Å². The van der Waals surface area contributed by atoms with Crippen LogP contribution < -0.4 is 4.74 Å². The molecular weight excluding hydrogens is 304 g/mol. The van der Waals surface area contributed by atoms with Gasteiger partial charge in [-0.05, 0) is 49.9 Å². The van der Waals surface area contributed by atoms with Gasteiger partial charge in [0.25, 0.3) is 0 Å². The van der Waals surface area contributed by atoms with E-state index in [-0.39, 0.29) is 5.97 Å². The third kappa shape index (κ3) is 2.94. The van der Waals surface area contributed by atoms with E-state index in [1.54, 1.807) is 16.9 Å². The van der Waals surface area contributed by atoms with Gasteiger partial charge in [0.1, 0.15) is 17.1 Å². The maximum atomic E-state index is 12.1. The molecule has 124 valence electrons. The summed E-state index contributed by atoms with van der Waals surface area (Å²) < 4.78 is 13.2. The minimum Gasteiger partial charge on any atom is -0.461 e. The highest BCUT2D eigenvalue weighted by atomic mass is 16.5. The highest BCUT2D eigenvalue weighted by Crippen LogP contribution is 2.34. The number of rotatable bonds is 4. The standard InChI is InChI=1S/C19H20N2O3/c1-13-11-20-21(12-13)9-8-19(22)23-14-6-7-18-16(10-14)15-4-2-3-5-17(15)24-18/h6-7,10-12H,2-5,8-9H2,1H3. The molecule has 0 saturated heterocycles. The van der Waals surface area contributed by atoms with Crippen LogP contribution in [0.1, 0.15) is 36.1 Å². The van der Waals surface area contributed by atoms with E-state index in [4.69, 9.17) is 9.15 Å². The second kappa shape index (κ2) is 6.15. The Kier molecular flexibility index (Phi) is 3.84. The lowest BCUT2D eigenvalue weighted by Crippen LogP contribution is -2.12. The van der Waals surface area contributed by atoms with Gasteiger partial charge in [0, 0.05) is 23.6 Å². The Morgan fingerprint density at radius 2 is 2.21 bits per heavy atom. The van der Waals surface area contributed by atoms with Gasteiger partial charge >= 0.3 is 5.97 Å². The summed E-state index contributed by atoms with van der Waals surface area (Å²) in [5.41, 5.74) is 3.24. The fourth-order valence-electron chi connectivity index (χ4n) is 3.28. The lowest BCUT2D eigenvalue weighted by molar-refractivity contribution is -0.134. The molecule has 4 rings (SSSR count). The Bertz CT molecular complexity index is 891. The molecule has 1 aliphatic rings. The number of ether oxygens (including phenoxy) is 1. The van der Waals surface area contributed by atoms with Gasteiger partial charge in [-0.1, -0.05) is 0 Å². The molecular formula is C19H20N2O3. The molecule has 3 aromatic rings. The Morgan fingerprint density at radius 1 is 1.33 bits per heavy atom. The van der Waals surface area contributed by atoms with E-state index in [0.29, 0.717) is 18.7 Å². The average Bonchev–Trinajstić information content (AvgIpc) is 3.16. The number of fused-ring (bicyclic) bond motifs is 3. The van der Waals surface area contributed by atoms with Gasteiger partial charge in [-0.2, -0.15) is 5.10 Å². The van der Waals surface area contributed by atoms with Gasteiger partial charge in [0.15, 0.2) is 0 Å². The van der Waals surface area contributed by atoms with Gasteiger partial charge in [0.2, 0.25) is 0 Å². The van der Waals surface area contributed by atoms with E-state index >= 15 is 0 Å². The van der Waals surface area contributed by atoms with Crippen LogP contribution in [0, 0.1) is 6.92 Å². The zero-order valence-electron chi connectivity index (χ0n) is 13.7. The molecule has 0 aliphatic heterocycles. The molecule has 0 unspecified atom stereocenters. The molecule has 5 nitrogen and oxygen atoms in total. The summed E-state index contributed by atoms with van der Waals surface area (Å²) >= 11 is 0. The number of carbonyl (C=O) groups excluding carboxylic acids is 1. The molecule has 0 atom stereocenters. The van der Waals surface area contributed by atoms with E-state index in [1.165, 1.54) is 18.4 Å². The molecule has 0 saturated carbocycles. The minimum absolute atomic E-state index is 0.250. The first kappa shape index (κ1) is 15.0. The highest BCUT2D eigenvalue weighted by Gasteiger charge is 2.18. The Hall–Kier alpha value is -2.56. The molecule has 0 radical (unpaired) electrons. The van der Waals surface area contributed by atoms with Crippen molar-refractivity contribution in [2.24, 2.45) is 0 Å². The zero-order valence-corrected chi connectivity index (χ0v) is 13.7. The van der Waals surface area contributed by atoms with E-state index < -0.39 is 0 Å². The van der Waals surface area contributed by atoms with Crippen molar-refractivity contribution in [2.75, 3.05) is 0 Å². The molecule has 1 aromatic carbocycles. The summed E-state index contributed by atoms with van der Waals surface area (Å²) in [5.74, 6) is 1.42. The summed E-state index contributed by atoms with van der Waals surface area (Å²) in [6, 6.07) is 5.62. The quantitative estimate of drug-likeness (QED) is 0.541. The van der Waals surface area contributed by atoms with Gasteiger partial charge in [0.05, 0.1) is 19.2 Å². The van der Waals surface area contributed by atoms with E-state index in [1.807, 2.05) is 25.3 Å². The number of aromatic nitrogens is 2. The van der Waals surface area contributed by atoms with Crippen molar-refractivity contribution >= 4 is 16.9 Å². The second-order valence-electron chi connectivity index (χ2n) is 6.37. The molecule has 0 fully saturated rings. The molecule has 24 heavy (non-hydrogen) atoms. The SMILES string of the molecule is Cc1cnn(CCC(=O)Oc2ccc3oc4c(c3c2)CCCC4)c1. The van der Waals surface area contributed by atoms with E-state index in [9.17, 15) is 4.79 Å². The number of furan rings is 1. The van der Waals surface area contributed by atoms with Crippen LogP contribution in [0.2, 0.25) is 0 Å². The van der Waals surface area contributed by atoms with Crippen LogP contribution >= 0.6 is 0 Å². The Balaban J connectivity index is 1.46. The molecule has 5 heteroatoms. The molecule has 0 amide bonds. The first-order valence-electron chi connectivity index (χ1n) is 8.43. The molecule has 2 aromatic heterocycles. The van der Waals surface area contributed by atoms with Crippen molar-refractivity contribution in [1.29, 1.82) is 0 Å². The van der Waals surface area contributed by atoms with Crippen molar-refractivity contribution in [1.82, 2.24) is 9.78 Å². The summed E-state index contributed by atoms with van der Waals surface area (Å²) in [5, 5.41) is 5.25. The van der Waals surface area contributed by atoms with Crippen molar-refractivity contribution in [2.45, 2.75) is 45.6 Å². The number of carbonyl (C=O) groups is 1. The lowest BCUT2D eigenvalue weighted by atomic mass is 9.96. The summed E-state index contributed by atoms with van der Waals surface area (Å²) in [7, 11) is 0. The number of hydrogen-bond donors (Lipinski definition) is 0. The number of aryl methyl sites for hydroxylation is 4. The van der Waals surface area contributed by atoms with Crippen molar-refractivity contribution in [3.8, 4) is 5.75 Å². The average molecular weight is 324 g/mol. The zero-order chi connectivity index (χ0) is 16.5. The molecule has 1 aliphatic carbocycles. The number of nitrogens with zero attached hydrogens (tertiary/aromatic N) is 2. The van der Waals surface area contributed by atoms with Gasteiger partial charge in [-0.15, -0.1) is 0 Å². The maximum absolute atomic E-state index is 12.1. The summed E-state index contributed by atoms with van der Waals surface area (Å²) in [6.07, 6.45) is 8.40. The number of benzene rings is 1. The third-order valence-electron chi connectivity index (χ3n) is 4.47. The predicted octanol–water partition coefficient (Wildman–Crippen LogP) is 3.81. The molecule has 0 bridgehead atoms. The molecule has 0 N–H and O–H groups in total. The number of esters is 1. The topological polar surface area (TPSA) is 57.3 Å². The lowest BCUT2D eigenvalue weighted by Gasteiger charge is -2.09. The maximum Gasteiger partial charge on any atom is 0.313 e. The fraction of sp³-hybridized carbons (Fsp3) is 0.368. The van der Waals surface area contributed by atoms with Crippen LogP contribution in [-0.4, -0.2) is 15.7 Å². The second-order valence-corrected chi connectivity index (χ2v) is 6.37. The van der Waals surface area contributed by atoms with Gasteiger partial charge in [-0.3, -0.25) is 9.48 Å². The summed E-state index contributed by atoms with van der Waals surface area (Å²) in [4.78, 5) is 12.1. The molecule has 2 heterocycles. The van der Waals surface area contributed by atoms with Crippen LogP contribution in [0.5, 0.6) is 5.75 Å². The van der Waals surface area contributed by atoms with Crippen molar-refractivity contribution < 1.29 is 13.9 Å². The predicted molar refractivity (Wildman–Crippen MR) is 90.1 cm³/mol. The first-order valence-corrected chi connectivity index (χ1v) is 8.43. The normalized spacial score (nSPS) is 13.9. The first-order chi connectivity index (χ1) is 11.7. The minimum atomic E-state index is -0.250. The van der Waals surface area contributed by atoms with Gasteiger partial charge < -0.3 is 9.15 Å².